The van der Waals surface area contributed by atoms with Gasteiger partial charge >= 0.3 is 0 Å². The van der Waals surface area contributed by atoms with E-state index in [0.717, 1.165) is 50.6 Å². The summed E-state index contributed by atoms with van der Waals surface area (Å²) in [5.74, 6) is 4.71. The molecule has 0 spiro atoms. The van der Waals surface area contributed by atoms with Gasteiger partial charge in [-0.3, -0.25) is 0 Å². The molecule has 0 aromatic heterocycles. The maximum Gasteiger partial charge on any atom is 0.275 e. The lowest BCUT2D eigenvalue weighted by molar-refractivity contribution is 0.0590. The topological polar surface area (TPSA) is 46.2 Å². The summed E-state index contributed by atoms with van der Waals surface area (Å²) in [6, 6.07) is 19.5. The number of rotatable bonds is 18. The molecule has 0 aliphatic carbocycles. The van der Waals surface area contributed by atoms with Gasteiger partial charge in [-0.05, 0) is 121 Å². The molecule has 324 valence electrons. The van der Waals surface area contributed by atoms with Crippen molar-refractivity contribution in [3.63, 3.8) is 0 Å². The lowest BCUT2D eigenvalue weighted by Crippen LogP contribution is -2.35. The highest BCUT2D eigenvalue weighted by Gasteiger charge is 2.40. The Kier molecular flexibility index (Phi) is 15.9. The van der Waals surface area contributed by atoms with E-state index in [1.165, 1.54) is 5.56 Å². The first-order chi connectivity index (χ1) is 27.2. The molecule has 0 saturated carbocycles. The van der Waals surface area contributed by atoms with Crippen molar-refractivity contribution in [1.29, 1.82) is 0 Å². The molecule has 5 nitrogen and oxygen atoms in total. The molecule has 0 aliphatic heterocycles. The summed E-state index contributed by atoms with van der Waals surface area (Å²) in [6.07, 6.45) is 0. The fraction of sp³-hybridized carbons (Fsp3) is 0.520. The van der Waals surface area contributed by atoms with Crippen LogP contribution in [0.15, 0.2) is 60.7 Å². The number of ether oxygens (including phenoxy) is 1. The second-order valence-corrected chi connectivity index (χ2v) is 21.6. The van der Waals surface area contributed by atoms with Crippen LogP contribution in [0.25, 0.3) is 11.1 Å². The Morgan fingerprint density at radius 2 is 0.864 bits per heavy atom. The van der Waals surface area contributed by atoms with Gasteiger partial charge in [0.25, 0.3) is 18.1 Å². The van der Waals surface area contributed by atoms with E-state index in [1.807, 2.05) is 48.5 Å². The van der Waals surface area contributed by atoms with Gasteiger partial charge in [-0.15, -0.1) is 0 Å². The summed E-state index contributed by atoms with van der Waals surface area (Å²) in [6.45, 7) is 40.7. The van der Waals surface area contributed by atoms with Crippen LogP contribution in [0.2, 0.25) is 10.0 Å². The fourth-order valence-corrected chi connectivity index (χ4v) is 8.13. The van der Waals surface area contributed by atoms with Gasteiger partial charge in [0, 0.05) is 37.9 Å². The molecule has 59 heavy (non-hydrogen) atoms. The van der Waals surface area contributed by atoms with E-state index in [0.29, 0.717) is 27.5 Å². The van der Waals surface area contributed by atoms with Crippen molar-refractivity contribution in [3.05, 3.63) is 98.5 Å². The van der Waals surface area contributed by atoms with Crippen LogP contribution >= 0.6 is 41.3 Å². The highest BCUT2D eigenvalue weighted by atomic mass is 35.5. The van der Waals surface area contributed by atoms with Crippen molar-refractivity contribution in [3.8, 4) is 39.9 Å². The molecule has 4 aromatic rings. The zero-order chi connectivity index (χ0) is 44.4. The number of benzene rings is 4. The minimum atomic E-state index is -0.464. The van der Waals surface area contributed by atoms with Crippen LogP contribution in [0.5, 0.6) is 28.7 Å². The molecule has 0 aliphatic rings. The fourth-order valence-electron chi connectivity index (χ4n) is 6.65. The molecule has 9 heteroatoms. The third kappa shape index (κ3) is 10.9. The predicted molar refractivity (Wildman–Crippen MR) is 257 cm³/mol. The Morgan fingerprint density at radius 1 is 0.475 bits per heavy atom. The third-order valence-corrected chi connectivity index (χ3v) is 15.3. The highest BCUT2D eigenvalue weighted by molar-refractivity contribution is 7.27. The predicted octanol–water partition coefficient (Wildman–Crippen LogP) is 16.8. The molecule has 2 atom stereocenters. The average Bonchev–Trinajstić information content (AvgIpc) is 3.12. The summed E-state index contributed by atoms with van der Waals surface area (Å²) >= 11 is 12.8. The van der Waals surface area contributed by atoms with Crippen LogP contribution in [0.4, 0.5) is 0 Å². The smallest absolute Gasteiger partial charge is 0.275 e. The van der Waals surface area contributed by atoms with Gasteiger partial charge < -0.3 is 22.8 Å². The van der Waals surface area contributed by atoms with Crippen molar-refractivity contribution in [2.45, 2.75) is 146 Å². The molecular formula is C50H70Cl2O5P2. The van der Waals surface area contributed by atoms with Gasteiger partial charge in [0.05, 0.1) is 0 Å². The first kappa shape index (κ1) is 49.0. The van der Waals surface area contributed by atoms with Crippen LogP contribution in [0.1, 0.15) is 139 Å². The van der Waals surface area contributed by atoms with E-state index < -0.39 is 5.60 Å². The largest absolute Gasteiger partial charge is 0.487 e. The summed E-state index contributed by atoms with van der Waals surface area (Å²) in [5.41, 5.74) is 6.07. The van der Waals surface area contributed by atoms with Crippen LogP contribution in [0, 0.1) is 37.5 Å². The second-order valence-electron chi connectivity index (χ2n) is 19.5. The van der Waals surface area contributed by atoms with E-state index >= 15 is 0 Å². The summed E-state index contributed by atoms with van der Waals surface area (Å²) in [5, 5.41) is 1.20. The van der Waals surface area contributed by atoms with Crippen molar-refractivity contribution < 1.29 is 22.8 Å². The van der Waals surface area contributed by atoms with Gasteiger partial charge in [-0.25, -0.2) is 0 Å². The highest BCUT2D eigenvalue weighted by Crippen LogP contribution is 2.57. The van der Waals surface area contributed by atoms with Gasteiger partial charge in [-0.1, -0.05) is 138 Å². The molecule has 4 aromatic carbocycles. The summed E-state index contributed by atoms with van der Waals surface area (Å²) in [7, 11) is -0.719. The lowest BCUT2D eigenvalue weighted by Gasteiger charge is -2.39. The van der Waals surface area contributed by atoms with E-state index in [-0.39, 0.29) is 52.1 Å². The second kappa shape index (κ2) is 19.2. The monoisotopic (exact) mass is 882 g/mol. The zero-order valence-corrected chi connectivity index (χ0v) is 42.4. The van der Waals surface area contributed by atoms with Gasteiger partial charge in [0.2, 0.25) is 0 Å². The Balaban J connectivity index is 2.24. The van der Waals surface area contributed by atoms with Crippen molar-refractivity contribution in [2.24, 2.45) is 23.7 Å². The lowest BCUT2D eigenvalue weighted by atomic mass is 9.67. The standard InChI is InChI=1S/C50H70Cl2O5P2/c1-29(2)47(11,12)39-27-40(48(13,14)30(3)4)45(56-58-54-37-23-19-21-35(51)25-37)43(33(39)9)44-34(10)42(53-50(17,18)32(7)8)28-41(49(15,16)31(5)6)46(44)57-59-55-38-24-20-22-36(52)26-38/h19-32,58-59H,1-18H3. The molecule has 0 bridgehead atoms. The van der Waals surface area contributed by atoms with Crippen molar-refractivity contribution in [1.82, 2.24) is 0 Å². The Bertz CT molecular complexity index is 2080. The molecule has 0 saturated heterocycles. The molecular weight excluding hydrogens is 813 g/mol. The van der Waals surface area contributed by atoms with E-state index in [9.17, 15) is 0 Å². The first-order valence-corrected chi connectivity index (χ1v) is 23.4. The van der Waals surface area contributed by atoms with E-state index in [4.69, 9.17) is 46.0 Å². The molecule has 2 unspecified atom stereocenters. The Hall–Kier alpha value is -2.68. The normalized spacial score (nSPS) is 13.2. The SMILES string of the molecule is Cc1c(OC(C)(C)C(C)C)cc(C(C)(C)C(C)C)c(OPOc2cccc(Cl)c2)c1-c1c(C)c(C(C)(C)C(C)C)cc(C(C)(C)C(C)C)c1OPOc1cccc(Cl)c1. The van der Waals surface area contributed by atoms with Gasteiger partial charge in [-0.2, -0.15) is 0 Å². The van der Waals surface area contributed by atoms with Crippen molar-refractivity contribution >= 4 is 41.3 Å². The summed E-state index contributed by atoms with van der Waals surface area (Å²) < 4.78 is 33.9. The Labute approximate surface area is 370 Å². The Morgan fingerprint density at radius 3 is 1.25 bits per heavy atom. The number of hydrogen-bond donors (Lipinski definition) is 0. The zero-order valence-electron chi connectivity index (χ0n) is 38.9. The number of hydrogen-bond acceptors (Lipinski definition) is 5. The van der Waals surface area contributed by atoms with Crippen LogP contribution in [-0.4, -0.2) is 5.60 Å². The van der Waals surface area contributed by atoms with Crippen LogP contribution in [0.3, 0.4) is 0 Å². The quantitative estimate of drug-likeness (QED) is 0.0932. The summed E-state index contributed by atoms with van der Waals surface area (Å²) in [4.78, 5) is 0. The maximum absolute atomic E-state index is 7.14. The van der Waals surface area contributed by atoms with Crippen molar-refractivity contribution in [2.75, 3.05) is 0 Å². The molecule has 0 N–H and O–H groups in total. The van der Waals surface area contributed by atoms with Gasteiger partial charge in [0.15, 0.2) is 0 Å². The van der Waals surface area contributed by atoms with E-state index in [1.54, 1.807) is 0 Å². The first-order valence-electron chi connectivity index (χ1n) is 21.0. The number of halogens is 2. The maximum atomic E-state index is 7.14. The van der Waals surface area contributed by atoms with Crippen LogP contribution in [-0.2, 0) is 16.2 Å². The third-order valence-electron chi connectivity index (χ3n) is 13.7. The molecule has 0 fully saturated rings. The minimum Gasteiger partial charge on any atom is -0.487 e. The molecule has 4 rings (SSSR count). The van der Waals surface area contributed by atoms with E-state index in [2.05, 4.69) is 137 Å². The van der Waals surface area contributed by atoms with Gasteiger partial charge in [0.1, 0.15) is 34.3 Å². The average molecular weight is 884 g/mol. The van der Waals surface area contributed by atoms with Crippen LogP contribution < -0.4 is 22.8 Å². The molecule has 0 amide bonds. The molecule has 0 radical (unpaired) electrons. The minimum absolute atomic E-state index is 0.196. The molecule has 0 heterocycles.